The lowest BCUT2D eigenvalue weighted by Crippen LogP contribution is -2.31. The Balaban J connectivity index is 1.47. The minimum Gasteiger partial charge on any atom is -0.493 e. The average molecular weight is 468 g/mol. The molecule has 0 aliphatic carbocycles. The third-order valence-electron chi connectivity index (χ3n) is 6.07. The Morgan fingerprint density at radius 1 is 0.971 bits per heavy atom. The predicted molar refractivity (Wildman–Crippen MR) is 134 cm³/mol. The van der Waals surface area contributed by atoms with Crippen LogP contribution in [0.4, 0.5) is 5.82 Å². The van der Waals surface area contributed by atoms with E-state index in [1.165, 1.54) is 0 Å². The fourth-order valence-corrected chi connectivity index (χ4v) is 4.37. The number of nitrogens with zero attached hydrogens (tertiary/aromatic N) is 1. The van der Waals surface area contributed by atoms with Gasteiger partial charge in [-0.15, -0.1) is 0 Å². The summed E-state index contributed by atoms with van der Waals surface area (Å²) < 4.78 is 11.6. The van der Waals surface area contributed by atoms with E-state index in [0.717, 1.165) is 22.3 Å². The Morgan fingerprint density at radius 2 is 1.80 bits per heavy atom. The normalized spacial score (nSPS) is 14.7. The van der Waals surface area contributed by atoms with E-state index in [-0.39, 0.29) is 23.7 Å². The van der Waals surface area contributed by atoms with E-state index in [4.69, 9.17) is 9.47 Å². The number of rotatable bonds is 6. The van der Waals surface area contributed by atoms with Crippen molar-refractivity contribution in [3.05, 3.63) is 105 Å². The van der Waals surface area contributed by atoms with Crippen LogP contribution in [0.1, 0.15) is 34.6 Å². The van der Waals surface area contributed by atoms with Crippen LogP contribution >= 0.6 is 0 Å². The number of aromatic amines is 1. The number of amides is 1. The largest absolute Gasteiger partial charge is 0.493 e. The number of fused-ring (bicyclic) bond motifs is 1. The van der Waals surface area contributed by atoms with Gasteiger partial charge in [-0.3, -0.25) is 9.59 Å². The molecule has 1 aromatic heterocycles. The van der Waals surface area contributed by atoms with Crippen molar-refractivity contribution < 1.29 is 14.3 Å². The van der Waals surface area contributed by atoms with Gasteiger partial charge in [-0.1, -0.05) is 66.2 Å². The number of anilines is 1. The van der Waals surface area contributed by atoms with Gasteiger partial charge < -0.3 is 19.8 Å². The molecule has 4 aromatic rings. The fraction of sp³-hybridized carbons (Fsp3) is 0.179. The van der Waals surface area contributed by atoms with Gasteiger partial charge >= 0.3 is 0 Å². The number of benzene rings is 3. The van der Waals surface area contributed by atoms with Crippen LogP contribution in [0.2, 0.25) is 0 Å². The first-order valence-corrected chi connectivity index (χ1v) is 11.4. The van der Waals surface area contributed by atoms with Crippen molar-refractivity contribution >= 4 is 11.7 Å². The summed E-state index contributed by atoms with van der Waals surface area (Å²) in [6, 6.07) is 22.9. The maximum absolute atomic E-state index is 13.2. The van der Waals surface area contributed by atoms with E-state index in [1.54, 1.807) is 7.11 Å². The predicted octanol–water partition coefficient (Wildman–Crippen LogP) is 4.81. The first-order chi connectivity index (χ1) is 17.0. The van der Waals surface area contributed by atoms with Gasteiger partial charge in [-0.2, -0.15) is 0 Å². The van der Waals surface area contributed by atoms with Gasteiger partial charge in [0.15, 0.2) is 11.5 Å². The van der Waals surface area contributed by atoms with Crippen molar-refractivity contribution in [3.8, 4) is 22.9 Å². The lowest BCUT2D eigenvalue weighted by molar-refractivity contribution is -0.116. The van der Waals surface area contributed by atoms with Crippen molar-refractivity contribution in [3.63, 3.8) is 0 Å². The van der Waals surface area contributed by atoms with E-state index < -0.39 is 5.92 Å². The number of ether oxygens (including phenoxy) is 2. The molecule has 35 heavy (non-hydrogen) atoms. The molecule has 0 radical (unpaired) electrons. The number of aryl methyl sites for hydroxylation is 1. The number of carbonyl (C=O) groups is 1. The molecule has 176 valence electrons. The number of carbonyl (C=O) groups excluding carboxylic acids is 1. The molecule has 0 unspecified atom stereocenters. The Hall–Kier alpha value is -4.39. The highest BCUT2D eigenvalue weighted by Gasteiger charge is 2.31. The summed E-state index contributed by atoms with van der Waals surface area (Å²) in [6.07, 6.45) is 0.134. The number of hydrogen-bond acceptors (Lipinski definition) is 5. The summed E-state index contributed by atoms with van der Waals surface area (Å²) in [4.78, 5) is 33.1. The van der Waals surface area contributed by atoms with Crippen molar-refractivity contribution in [2.75, 3.05) is 12.4 Å². The van der Waals surface area contributed by atoms with Gasteiger partial charge in [0.2, 0.25) is 5.91 Å². The zero-order chi connectivity index (χ0) is 24.4. The highest BCUT2D eigenvalue weighted by molar-refractivity contribution is 5.94. The molecule has 2 heterocycles. The Bertz CT molecular complexity index is 1450. The van der Waals surface area contributed by atoms with E-state index in [9.17, 15) is 9.59 Å². The second-order valence-electron chi connectivity index (χ2n) is 8.54. The third kappa shape index (κ3) is 4.66. The highest BCUT2D eigenvalue weighted by Crippen LogP contribution is 2.38. The first kappa shape index (κ1) is 22.4. The minimum atomic E-state index is -0.459. The van der Waals surface area contributed by atoms with Gasteiger partial charge in [0, 0.05) is 17.9 Å². The fourth-order valence-electron chi connectivity index (χ4n) is 4.37. The number of nitrogens with one attached hydrogen (secondary N) is 2. The van der Waals surface area contributed by atoms with Crippen LogP contribution in [-0.2, 0) is 11.4 Å². The Labute approximate surface area is 202 Å². The maximum Gasteiger partial charge on any atom is 0.257 e. The maximum atomic E-state index is 13.2. The molecule has 1 amide bonds. The average Bonchev–Trinajstić information content (AvgIpc) is 2.87. The van der Waals surface area contributed by atoms with E-state index in [1.807, 2.05) is 73.7 Å². The van der Waals surface area contributed by atoms with Crippen molar-refractivity contribution in [1.29, 1.82) is 0 Å². The summed E-state index contributed by atoms with van der Waals surface area (Å²) in [6.45, 7) is 2.44. The monoisotopic (exact) mass is 467 g/mol. The molecule has 7 heteroatoms. The van der Waals surface area contributed by atoms with Crippen LogP contribution < -0.4 is 20.3 Å². The SMILES string of the molecule is COc1cc([C@H]2CC(=O)Nc3nc(-c4ccccc4)[nH]c(=O)c32)ccc1OCc1cccc(C)c1. The zero-order valence-corrected chi connectivity index (χ0v) is 19.5. The molecule has 1 aliphatic heterocycles. The van der Waals surface area contributed by atoms with Crippen LogP contribution in [0, 0.1) is 6.92 Å². The molecular formula is C28H25N3O4. The summed E-state index contributed by atoms with van der Waals surface area (Å²) in [5, 5.41) is 2.77. The zero-order valence-electron chi connectivity index (χ0n) is 19.5. The molecule has 0 saturated heterocycles. The molecule has 1 aliphatic rings. The second kappa shape index (κ2) is 9.46. The van der Waals surface area contributed by atoms with E-state index >= 15 is 0 Å². The third-order valence-corrected chi connectivity index (χ3v) is 6.07. The summed E-state index contributed by atoms with van der Waals surface area (Å²) in [5.41, 5.74) is 3.91. The number of aromatic nitrogens is 2. The van der Waals surface area contributed by atoms with Gasteiger partial charge in [0.25, 0.3) is 5.56 Å². The van der Waals surface area contributed by atoms with Crippen LogP contribution in [0.3, 0.4) is 0 Å². The van der Waals surface area contributed by atoms with Crippen molar-refractivity contribution in [2.24, 2.45) is 0 Å². The topological polar surface area (TPSA) is 93.3 Å². The summed E-state index contributed by atoms with van der Waals surface area (Å²) in [5.74, 6) is 1.16. The molecule has 0 saturated carbocycles. The van der Waals surface area contributed by atoms with Gasteiger partial charge in [0.05, 0.1) is 12.7 Å². The van der Waals surface area contributed by atoms with Crippen LogP contribution in [-0.4, -0.2) is 23.0 Å². The molecule has 7 nitrogen and oxygen atoms in total. The number of H-pyrrole nitrogens is 1. The standard InChI is InChI=1S/C28H25N3O4/c1-17-7-6-8-18(13-17)16-35-22-12-11-20(14-23(22)34-2)21-15-24(32)29-27-25(21)28(33)31-26(30-27)19-9-4-3-5-10-19/h3-14,21H,15-16H2,1-2H3,(H2,29,30,31,32,33)/t21-/m1/s1. The smallest absolute Gasteiger partial charge is 0.257 e. The van der Waals surface area contributed by atoms with E-state index in [0.29, 0.717) is 29.5 Å². The molecular weight excluding hydrogens is 442 g/mol. The highest BCUT2D eigenvalue weighted by atomic mass is 16.5. The Morgan fingerprint density at radius 3 is 2.57 bits per heavy atom. The van der Waals surface area contributed by atoms with Gasteiger partial charge in [-0.05, 0) is 30.2 Å². The van der Waals surface area contributed by atoms with Gasteiger partial charge in [-0.25, -0.2) is 4.98 Å². The molecule has 0 spiro atoms. The molecule has 5 rings (SSSR count). The van der Waals surface area contributed by atoms with E-state index in [2.05, 4.69) is 21.4 Å². The van der Waals surface area contributed by atoms with Crippen molar-refractivity contribution in [1.82, 2.24) is 9.97 Å². The summed E-state index contributed by atoms with van der Waals surface area (Å²) in [7, 11) is 1.57. The molecule has 1 atom stereocenters. The number of hydrogen-bond donors (Lipinski definition) is 2. The van der Waals surface area contributed by atoms with Crippen molar-refractivity contribution in [2.45, 2.75) is 25.9 Å². The lowest BCUT2D eigenvalue weighted by atomic mass is 9.86. The van der Waals surface area contributed by atoms with Crippen LogP contribution in [0.15, 0.2) is 77.6 Å². The molecule has 0 bridgehead atoms. The quantitative estimate of drug-likeness (QED) is 0.425. The van der Waals surface area contributed by atoms with Gasteiger partial charge in [0.1, 0.15) is 18.2 Å². The first-order valence-electron chi connectivity index (χ1n) is 11.4. The van der Waals surface area contributed by atoms with Crippen LogP contribution in [0.5, 0.6) is 11.5 Å². The summed E-state index contributed by atoms with van der Waals surface area (Å²) >= 11 is 0. The molecule has 0 fully saturated rings. The molecule has 3 aromatic carbocycles. The minimum absolute atomic E-state index is 0.134. The lowest BCUT2D eigenvalue weighted by Gasteiger charge is -2.25. The Kier molecular flexibility index (Phi) is 6.06. The second-order valence-corrected chi connectivity index (χ2v) is 8.54. The van der Waals surface area contributed by atoms with Crippen LogP contribution in [0.25, 0.3) is 11.4 Å². The molecule has 2 N–H and O–H groups in total. The number of methoxy groups -OCH3 is 1.